The third-order valence-electron chi connectivity index (χ3n) is 3.01. The van der Waals surface area contributed by atoms with Gasteiger partial charge in [-0.1, -0.05) is 20.8 Å². The molecule has 5 nitrogen and oxygen atoms in total. The number of aryl methyl sites for hydroxylation is 1. The van der Waals surface area contributed by atoms with Gasteiger partial charge in [0.25, 0.3) is 0 Å². The van der Waals surface area contributed by atoms with Gasteiger partial charge < -0.3 is 0 Å². The smallest absolute Gasteiger partial charge is 0.244 e. The molecule has 2 rings (SSSR count). The molecular formula is C13H18N4O. The van der Waals surface area contributed by atoms with Crippen LogP contribution in [0, 0.1) is 6.92 Å². The lowest BCUT2D eigenvalue weighted by atomic mass is 10.0. The van der Waals surface area contributed by atoms with Crippen molar-refractivity contribution in [2.75, 3.05) is 0 Å². The van der Waals surface area contributed by atoms with Gasteiger partial charge in [0, 0.05) is 12.4 Å². The van der Waals surface area contributed by atoms with Crippen LogP contribution in [0.5, 0.6) is 0 Å². The molecule has 0 N–H and O–H groups in total. The maximum Gasteiger partial charge on any atom is 0.369 e. The van der Waals surface area contributed by atoms with E-state index in [4.69, 9.17) is 0 Å². The zero-order chi connectivity index (χ0) is 13.3. The van der Waals surface area contributed by atoms with Crippen LogP contribution in [0.1, 0.15) is 43.6 Å². The SMILES string of the molecule is CCc1c(C)nn(C(=O)n2cccn2)c1C(C)C. The summed E-state index contributed by atoms with van der Waals surface area (Å²) in [6.07, 6.45) is 4.10. The van der Waals surface area contributed by atoms with Gasteiger partial charge in [0.1, 0.15) is 0 Å². The van der Waals surface area contributed by atoms with Gasteiger partial charge in [-0.2, -0.15) is 19.6 Å². The van der Waals surface area contributed by atoms with Crippen LogP contribution in [0.4, 0.5) is 4.79 Å². The standard InChI is InChI=1S/C13H18N4O/c1-5-11-10(4)15-17(12(11)9(2)3)13(18)16-8-6-7-14-16/h6-9H,5H2,1-4H3. The lowest BCUT2D eigenvalue weighted by molar-refractivity contribution is 0.237. The van der Waals surface area contributed by atoms with E-state index in [-0.39, 0.29) is 11.9 Å². The minimum atomic E-state index is -0.230. The van der Waals surface area contributed by atoms with E-state index >= 15 is 0 Å². The number of hydrogen-bond donors (Lipinski definition) is 0. The van der Waals surface area contributed by atoms with Crippen molar-refractivity contribution in [2.45, 2.75) is 40.0 Å². The maximum atomic E-state index is 12.3. The molecule has 0 radical (unpaired) electrons. The van der Waals surface area contributed by atoms with Crippen molar-refractivity contribution >= 4 is 6.03 Å². The van der Waals surface area contributed by atoms with E-state index in [2.05, 4.69) is 31.0 Å². The first kappa shape index (κ1) is 12.5. The van der Waals surface area contributed by atoms with E-state index in [1.807, 2.05) is 6.92 Å². The Balaban J connectivity index is 2.54. The second-order valence-electron chi connectivity index (χ2n) is 4.60. The van der Waals surface area contributed by atoms with Gasteiger partial charge in [-0.05, 0) is 30.9 Å². The number of aromatic nitrogens is 4. The van der Waals surface area contributed by atoms with Crippen molar-refractivity contribution in [3.8, 4) is 0 Å². The van der Waals surface area contributed by atoms with Crippen molar-refractivity contribution in [3.05, 3.63) is 35.4 Å². The Morgan fingerprint density at radius 1 is 1.44 bits per heavy atom. The molecule has 0 unspecified atom stereocenters. The van der Waals surface area contributed by atoms with Crippen molar-refractivity contribution in [1.29, 1.82) is 0 Å². The van der Waals surface area contributed by atoms with Crippen molar-refractivity contribution in [2.24, 2.45) is 0 Å². The summed E-state index contributed by atoms with van der Waals surface area (Å²) in [5.74, 6) is 0.251. The van der Waals surface area contributed by atoms with Gasteiger partial charge in [-0.25, -0.2) is 4.79 Å². The molecule has 18 heavy (non-hydrogen) atoms. The summed E-state index contributed by atoms with van der Waals surface area (Å²) in [7, 11) is 0. The predicted molar refractivity (Wildman–Crippen MR) is 68.9 cm³/mol. The Morgan fingerprint density at radius 3 is 2.67 bits per heavy atom. The molecule has 0 saturated heterocycles. The maximum absolute atomic E-state index is 12.3. The zero-order valence-electron chi connectivity index (χ0n) is 11.2. The molecule has 0 aliphatic carbocycles. The molecule has 0 saturated carbocycles. The van der Waals surface area contributed by atoms with Crippen LogP contribution < -0.4 is 0 Å². The fourth-order valence-corrected chi connectivity index (χ4v) is 2.23. The topological polar surface area (TPSA) is 52.7 Å². The van der Waals surface area contributed by atoms with Crippen LogP contribution in [-0.2, 0) is 6.42 Å². The summed E-state index contributed by atoms with van der Waals surface area (Å²) in [6, 6.07) is 1.50. The summed E-state index contributed by atoms with van der Waals surface area (Å²) in [5.41, 5.74) is 3.06. The molecule has 2 aromatic rings. The minimum Gasteiger partial charge on any atom is -0.244 e. The Hall–Kier alpha value is -1.91. The third-order valence-corrected chi connectivity index (χ3v) is 3.01. The van der Waals surface area contributed by atoms with E-state index in [1.54, 1.807) is 18.5 Å². The molecule has 0 aliphatic heterocycles. The fourth-order valence-electron chi connectivity index (χ4n) is 2.23. The average Bonchev–Trinajstić information content (AvgIpc) is 2.94. The second kappa shape index (κ2) is 4.76. The zero-order valence-corrected chi connectivity index (χ0v) is 11.2. The van der Waals surface area contributed by atoms with Gasteiger partial charge in [0.15, 0.2) is 0 Å². The number of carbonyl (C=O) groups is 1. The van der Waals surface area contributed by atoms with Crippen molar-refractivity contribution in [3.63, 3.8) is 0 Å². The molecule has 0 aliphatic rings. The number of carbonyl (C=O) groups excluding carboxylic acids is 1. The Morgan fingerprint density at radius 2 is 2.17 bits per heavy atom. The van der Waals surface area contributed by atoms with Crippen molar-refractivity contribution in [1.82, 2.24) is 19.6 Å². The first-order valence-electron chi connectivity index (χ1n) is 6.19. The Bertz CT molecular complexity index is 552. The summed E-state index contributed by atoms with van der Waals surface area (Å²) in [5, 5.41) is 8.33. The van der Waals surface area contributed by atoms with Gasteiger partial charge in [0.2, 0.25) is 0 Å². The largest absolute Gasteiger partial charge is 0.369 e. The van der Waals surface area contributed by atoms with E-state index in [1.165, 1.54) is 9.36 Å². The number of hydrogen-bond acceptors (Lipinski definition) is 3. The Labute approximate surface area is 106 Å². The van der Waals surface area contributed by atoms with Crippen LogP contribution in [0.25, 0.3) is 0 Å². The molecule has 0 spiro atoms. The molecule has 2 heterocycles. The van der Waals surface area contributed by atoms with Crippen LogP contribution in [0.15, 0.2) is 18.5 Å². The molecule has 0 aromatic carbocycles. The molecule has 0 amide bonds. The van der Waals surface area contributed by atoms with Crippen LogP contribution in [0.2, 0.25) is 0 Å². The predicted octanol–water partition coefficient (Wildman–Crippen LogP) is 2.59. The molecule has 5 heteroatoms. The molecule has 96 valence electrons. The van der Waals surface area contributed by atoms with E-state index in [9.17, 15) is 4.79 Å². The molecule has 0 fully saturated rings. The normalized spacial score (nSPS) is 11.2. The summed E-state index contributed by atoms with van der Waals surface area (Å²) >= 11 is 0. The lowest BCUT2D eigenvalue weighted by Gasteiger charge is -2.10. The highest BCUT2D eigenvalue weighted by atomic mass is 16.2. The van der Waals surface area contributed by atoms with Gasteiger partial charge >= 0.3 is 6.03 Å². The molecular weight excluding hydrogens is 228 g/mol. The molecule has 0 atom stereocenters. The molecule has 2 aromatic heterocycles. The van der Waals surface area contributed by atoms with Crippen molar-refractivity contribution < 1.29 is 4.79 Å². The number of rotatable bonds is 2. The second-order valence-corrected chi connectivity index (χ2v) is 4.60. The summed E-state index contributed by atoms with van der Waals surface area (Å²) in [6.45, 7) is 8.17. The van der Waals surface area contributed by atoms with E-state index in [0.29, 0.717) is 0 Å². The average molecular weight is 246 g/mol. The first-order valence-corrected chi connectivity index (χ1v) is 6.19. The third kappa shape index (κ3) is 1.96. The van der Waals surface area contributed by atoms with Gasteiger partial charge in [-0.3, -0.25) is 0 Å². The number of nitrogens with zero attached hydrogens (tertiary/aromatic N) is 4. The lowest BCUT2D eigenvalue weighted by Crippen LogP contribution is -2.23. The summed E-state index contributed by atoms with van der Waals surface area (Å²) in [4.78, 5) is 12.3. The quantitative estimate of drug-likeness (QED) is 0.818. The monoisotopic (exact) mass is 246 g/mol. The first-order chi connectivity index (χ1) is 8.56. The van der Waals surface area contributed by atoms with Crippen LogP contribution in [0.3, 0.4) is 0 Å². The minimum absolute atomic E-state index is 0.230. The summed E-state index contributed by atoms with van der Waals surface area (Å²) < 4.78 is 2.78. The van der Waals surface area contributed by atoms with E-state index < -0.39 is 0 Å². The fraction of sp³-hybridized carbons (Fsp3) is 0.462. The molecule has 0 bridgehead atoms. The highest BCUT2D eigenvalue weighted by Crippen LogP contribution is 2.23. The Kier molecular flexibility index (Phi) is 3.32. The highest BCUT2D eigenvalue weighted by Gasteiger charge is 2.21. The highest BCUT2D eigenvalue weighted by molar-refractivity contribution is 5.78. The van der Waals surface area contributed by atoms with Gasteiger partial charge in [-0.15, -0.1) is 0 Å². The van der Waals surface area contributed by atoms with Crippen LogP contribution in [-0.4, -0.2) is 25.6 Å². The van der Waals surface area contributed by atoms with Crippen LogP contribution >= 0.6 is 0 Å². The van der Waals surface area contributed by atoms with E-state index in [0.717, 1.165) is 23.4 Å². The van der Waals surface area contributed by atoms with Gasteiger partial charge in [0.05, 0.1) is 11.4 Å².